The number of nitrogens with one attached hydrogen (secondary N) is 1. The number of aryl methyl sites for hydroxylation is 1. The average Bonchev–Trinajstić information content (AvgIpc) is 2.82. The first-order valence-electron chi connectivity index (χ1n) is 6.99. The number of nitrogens with zero attached hydrogens (tertiary/aromatic N) is 1. The molecule has 2 rings (SSSR count). The fourth-order valence-electron chi connectivity index (χ4n) is 2.80. The van der Waals surface area contributed by atoms with Gasteiger partial charge in [0.2, 0.25) is 0 Å². The van der Waals surface area contributed by atoms with Gasteiger partial charge in [-0.15, -0.1) is 0 Å². The highest BCUT2D eigenvalue weighted by Crippen LogP contribution is 2.16. The van der Waals surface area contributed by atoms with Crippen LogP contribution in [0.25, 0.3) is 0 Å². The van der Waals surface area contributed by atoms with E-state index in [1.165, 1.54) is 12.8 Å². The Kier molecular flexibility index (Phi) is 4.43. The molecule has 4 nitrogen and oxygen atoms in total. The van der Waals surface area contributed by atoms with Crippen LogP contribution in [0.5, 0.6) is 0 Å². The molecule has 0 radical (unpaired) electrons. The van der Waals surface area contributed by atoms with Crippen molar-refractivity contribution in [2.45, 2.75) is 32.7 Å². The summed E-state index contributed by atoms with van der Waals surface area (Å²) in [7, 11) is 0. The number of nitrogen functional groups attached to an aromatic ring is 1. The molecule has 1 heterocycles. The third-order valence-corrected chi connectivity index (χ3v) is 3.77. The number of anilines is 1. The molecule has 104 valence electrons. The van der Waals surface area contributed by atoms with Crippen molar-refractivity contribution in [2.24, 2.45) is 0 Å². The summed E-state index contributed by atoms with van der Waals surface area (Å²) >= 11 is 0. The van der Waals surface area contributed by atoms with Crippen LogP contribution in [0.4, 0.5) is 5.69 Å². The molecule has 0 saturated carbocycles. The molecule has 19 heavy (non-hydrogen) atoms. The Hall–Kier alpha value is -1.55. The van der Waals surface area contributed by atoms with Crippen molar-refractivity contribution in [3.05, 3.63) is 29.3 Å². The highest BCUT2D eigenvalue weighted by molar-refractivity contribution is 5.95. The second-order valence-electron chi connectivity index (χ2n) is 5.27. The summed E-state index contributed by atoms with van der Waals surface area (Å²) < 4.78 is 0. The van der Waals surface area contributed by atoms with Gasteiger partial charge in [0, 0.05) is 23.8 Å². The molecule has 0 spiro atoms. The summed E-state index contributed by atoms with van der Waals surface area (Å²) in [5.74, 6) is -0.0293. The number of amides is 1. The number of carbonyl (C=O) groups is 1. The van der Waals surface area contributed by atoms with Crippen molar-refractivity contribution in [1.29, 1.82) is 0 Å². The topological polar surface area (TPSA) is 58.4 Å². The van der Waals surface area contributed by atoms with Gasteiger partial charge in [-0.05, 0) is 56.6 Å². The van der Waals surface area contributed by atoms with E-state index < -0.39 is 0 Å². The minimum absolute atomic E-state index is 0.0293. The third kappa shape index (κ3) is 3.47. The number of likely N-dealkylation sites (tertiary alicyclic amines) is 1. The van der Waals surface area contributed by atoms with Crippen molar-refractivity contribution in [1.82, 2.24) is 10.2 Å². The number of likely N-dealkylation sites (N-methyl/N-ethyl adjacent to an activating group) is 1. The molecule has 4 heteroatoms. The van der Waals surface area contributed by atoms with Crippen molar-refractivity contribution in [2.75, 3.05) is 25.4 Å². The molecule has 1 fully saturated rings. The Labute approximate surface area is 115 Å². The lowest BCUT2D eigenvalue weighted by molar-refractivity contribution is 0.0941. The largest absolute Gasteiger partial charge is 0.399 e. The molecule has 0 bridgehead atoms. The van der Waals surface area contributed by atoms with Crippen LogP contribution in [0.15, 0.2) is 18.2 Å². The molecule has 1 aliphatic heterocycles. The number of hydrogen-bond donors (Lipinski definition) is 2. The van der Waals surface area contributed by atoms with Gasteiger partial charge >= 0.3 is 0 Å². The molecule has 1 unspecified atom stereocenters. The SMILES string of the molecule is CCN1CCCC1CNC(=O)c1cc(C)cc(N)c1. The number of rotatable bonds is 4. The van der Waals surface area contributed by atoms with E-state index in [0.717, 1.165) is 25.2 Å². The fourth-order valence-corrected chi connectivity index (χ4v) is 2.80. The maximum absolute atomic E-state index is 12.1. The minimum atomic E-state index is -0.0293. The van der Waals surface area contributed by atoms with Gasteiger partial charge in [-0.25, -0.2) is 0 Å². The van der Waals surface area contributed by atoms with Crippen LogP contribution >= 0.6 is 0 Å². The van der Waals surface area contributed by atoms with E-state index in [4.69, 9.17) is 5.73 Å². The van der Waals surface area contributed by atoms with E-state index in [2.05, 4.69) is 17.1 Å². The van der Waals surface area contributed by atoms with Gasteiger partial charge in [0.1, 0.15) is 0 Å². The summed E-state index contributed by atoms with van der Waals surface area (Å²) in [6.07, 6.45) is 2.40. The predicted molar refractivity (Wildman–Crippen MR) is 78.2 cm³/mol. The standard InChI is InChI=1S/C15H23N3O/c1-3-18-6-4-5-14(18)10-17-15(19)12-7-11(2)8-13(16)9-12/h7-9,14H,3-6,10,16H2,1-2H3,(H,17,19). The molecule has 1 aliphatic rings. The molecule has 3 N–H and O–H groups in total. The lowest BCUT2D eigenvalue weighted by Gasteiger charge is -2.22. The summed E-state index contributed by atoms with van der Waals surface area (Å²) in [5.41, 5.74) is 8.08. The average molecular weight is 261 g/mol. The zero-order valence-corrected chi connectivity index (χ0v) is 11.8. The highest BCUT2D eigenvalue weighted by Gasteiger charge is 2.23. The molecule has 1 amide bonds. The lowest BCUT2D eigenvalue weighted by Crippen LogP contribution is -2.40. The number of hydrogen-bond acceptors (Lipinski definition) is 3. The van der Waals surface area contributed by atoms with Gasteiger partial charge in [0.25, 0.3) is 5.91 Å². The maximum Gasteiger partial charge on any atom is 0.251 e. The smallest absolute Gasteiger partial charge is 0.251 e. The Bertz CT molecular complexity index is 438. The number of carbonyl (C=O) groups excluding carboxylic acids is 1. The molecule has 1 atom stereocenters. The van der Waals surface area contributed by atoms with Crippen LogP contribution in [0, 0.1) is 6.92 Å². The van der Waals surface area contributed by atoms with Crippen LogP contribution in [-0.2, 0) is 0 Å². The van der Waals surface area contributed by atoms with E-state index in [-0.39, 0.29) is 5.91 Å². The lowest BCUT2D eigenvalue weighted by atomic mass is 10.1. The van der Waals surface area contributed by atoms with E-state index in [9.17, 15) is 4.79 Å². The van der Waals surface area contributed by atoms with Crippen LogP contribution in [0.1, 0.15) is 35.7 Å². The molecule has 1 aromatic rings. The fraction of sp³-hybridized carbons (Fsp3) is 0.533. The van der Waals surface area contributed by atoms with Crippen LogP contribution < -0.4 is 11.1 Å². The van der Waals surface area contributed by atoms with E-state index in [0.29, 0.717) is 17.3 Å². The molecular weight excluding hydrogens is 238 g/mol. The maximum atomic E-state index is 12.1. The van der Waals surface area contributed by atoms with Gasteiger partial charge in [-0.1, -0.05) is 6.92 Å². The molecular formula is C15H23N3O. The second-order valence-corrected chi connectivity index (χ2v) is 5.27. The predicted octanol–water partition coefficient (Wildman–Crippen LogP) is 1.79. The number of nitrogens with two attached hydrogens (primary N) is 1. The highest BCUT2D eigenvalue weighted by atomic mass is 16.1. The third-order valence-electron chi connectivity index (χ3n) is 3.77. The quantitative estimate of drug-likeness (QED) is 0.812. The van der Waals surface area contributed by atoms with E-state index in [1.54, 1.807) is 6.07 Å². The van der Waals surface area contributed by atoms with Gasteiger partial charge in [0.15, 0.2) is 0 Å². The van der Waals surface area contributed by atoms with E-state index in [1.807, 2.05) is 19.1 Å². The first kappa shape index (κ1) is 13.9. The van der Waals surface area contributed by atoms with Gasteiger partial charge in [-0.2, -0.15) is 0 Å². The first-order chi connectivity index (χ1) is 9.10. The number of benzene rings is 1. The van der Waals surface area contributed by atoms with Gasteiger partial charge in [-0.3, -0.25) is 9.69 Å². The molecule has 0 aliphatic carbocycles. The zero-order chi connectivity index (χ0) is 13.8. The zero-order valence-electron chi connectivity index (χ0n) is 11.8. The molecule has 1 saturated heterocycles. The van der Waals surface area contributed by atoms with Gasteiger partial charge < -0.3 is 11.1 Å². The van der Waals surface area contributed by atoms with Crippen LogP contribution in [0.2, 0.25) is 0 Å². The molecule has 0 aromatic heterocycles. The van der Waals surface area contributed by atoms with Crippen LogP contribution in [0.3, 0.4) is 0 Å². The summed E-state index contributed by atoms with van der Waals surface area (Å²) in [6, 6.07) is 5.95. The van der Waals surface area contributed by atoms with Crippen molar-refractivity contribution in [3.63, 3.8) is 0 Å². The van der Waals surface area contributed by atoms with Crippen molar-refractivity contribution in [3.8, 4) is 0 Å². The Morgan fingerprint density at radius 1 is 1.47 bits per heavy atom. The Balaban J connectivity index is 1.94. The van der Waals surface area contributed by atoms with Crippen molar-refractivity contribution < 1.29 is 4.79 Å². The Morgan fingerprint density at radius 2 is 2.26 bits per heavy atom. The van der Waals surface area contributed by atoms with E-state index >= 15 is 0 Å². The minimum Gasteiger partial charge on any atom is -0.399 e. The van der Waals surface area contributed by atoms with Gasteiger partial charge in [0.05, 0.1) is 0 Å². The summed E-state index contributed by atoms with van der Waals surface area (Å²) in [4.78, 5) is 14.5. The van der Waals surface area contributed by atoms with Crippen molar-refractivity contribution >= 4 is 11.6 Å². The molecule has 1 aromatic carbocycles. The summed E-state index contributed by atoms with van der Waals surface area (Å²) in [5, 5.41) is 3.02. The normalized spacial score (nSPS) is 19.6. The summed E-state index contributed by atoms with van der Waals surface area (Å²) in [6.45, 7) is 7.04. The second kappa shape index (κ2) is 6.06. The van der Waals surface area contributed by atoms with Crippen LogP contribution in [-0.4, -0.2) is 36.5 Å². The first-order valence-corrected chi connectivity index (χ1v) is 6.99. The monoisotopic (exact) mass is 261 g/mol. The Morgan fingerprint density at radius 3 is 2.95 bits per heavy atom.